The zero-order chi connectivity index (χ0) is 13.1. The first-order chi connectivity index (χ1) is 8.58. The molecule has 2 atom stereocenters. The number of aryl methyl sites for hydroxylation is 1. The molecule has 0 radical (unpaired) electrons. The molecule has 1 aromatic rings. The van der Waals surface area contributed by atoms with Crippen LogP contribution in [-0.4, -0.2) is 28.7 Å². The Morgan fingerprint density at radius 2 is 2.44 bits per heavy atom. The summed E-state index contributed by atoms with van der Waals surface area (Å²) in [5.41, 5.74) is 0.655. The lowest BCUT2D eigenvalue weighted by Gasteiger charge is -2.20. The summed E-state index contributed by atoms with van der Waals surface area (Å²) in [7, 11) is 0. The van der Waals surface area contributed by atoms with E-state index in [4.69, 9.17) is 4.74 Å². The standard InChI is InChI=1S/C12H17N3O3/c1-8-6-12(13-7-10(8)15(16)17)14-9(2)11-4-3-5-18-11/h6-7,9,11H,3-5H2,1-2H3,(H,13,14). The normalized spacial score (nSPS) is 20.7. The fourth-order valence-corrected chi connectivity index (χ4v) is 2.14. The largest absolute Gasteiger partial charge is 0.376 e. The monoisotopic (exact) mass is 251 g/mol. The van der Waals surface area contributed by atoms with Crippen molar-refractivity contribution in [3.63, 3.8) is 0 Å². The minimum atomic E-state index is -0.421. The lowest BCUT2D eigenvalue weighted by molar-refractivity contribution is -0.385. The van der Waals surface area contributed by atoms with E-state index in [2.05, 4.69) is 10.3 Å². The van der Waals surface area contributed by atoms with Crippen LogP contribution in [0.15, 0.2) is 12.3 Å². The number of nitrogens with one attached hydrogen (secondary N) is 1. The number of hydrogen-bond donors (Lipinski definition) is 1. The Hall–Kier alpha value is -1.69. The van der Waals surface area contributed by atoms with Crippen LogP contribution >= 0.6 is 0 Å². The minimum absolute atomic E-state index is 0.0466. The first-order valence-electron chi connectivity index (χ1n) is 6.07. The van der Waals surface area contributed by atoms with Crippen LogP contribution in [0, 0.1) is 17.0 Å². The van der Waals surface area contributed by atoms with Gasteiger partial charge in [0.15, 0.2) is 0 Å². The smallest absolute Gasteiger partial charge is 0.290 e. The molecule has 0 bridgehead atoms. The van der Waals surface area contributed by atoms with E-state index in [0.717, 1.165) is 19.4 Å². The molecule has 1 aromatic heterocycles. The fourth-order valence-electron chi connectivity index (χ4n) is 2.14. The first-order valence-corrected chi connectivity index (χ1v) is 6.07. The van der Waals surface area contributed by atoms with Gasteiger partial charge in [0, 0.05) is 12.2 Å². The van der Waals surface area contributed by atoms with Crippen LogP contribution in [0.2, 0.25) is 0 Å². The molecule has 1 fully saturated rings. The Labute approximate surface area is 106 Å². The number of anilines is 1. The Morgan fingerprint density at radius 3 is 3.00 bits per heavy atom. The molecule has 1 saturated heterocycles. The Morgan fingerprint density at radius 1 is 1.67 bits per heavy atom. The molecule has 0 aromatic carbocycles. The van der Waals surface area contributed by atoms with Gasteiger partial charge < -0.3 is 10.1 Å². The van der Waals surface area contributed by atoms with Crippen molar-refractivity contribution in [1.82, 2.24) is 4.98 Å². The Bertz CT molecular complexity index is 444. The summed E-state index contributed by atoms with van der Waals surface area (Å²) in [6, 6.07) is 1.85. The molecular weight excluding hydrogens is 234 g/mol. The van der Waals surface area contributed by atoms with Crippen LogP contribution in [0.1, 0.15) is 25.3 Å². The molecule has 0 spiro atoms. The van der Waals surface area contributed by atoms with Crippen molar-refractivity contribution in [3.8, 4) is 0 Å². The summed E-state index contributed by atoms with van der Waals surface area (Å²) in [6.45, 7) is 4.56. The molecule has 0 aliphatic carbocycles. The number of rotatable bonds is 4. The Kier molecular flexibility index (Phi) is 3.76. The highest BCUT2D eigenvalue weighted by Crippen LogP contribution is 2.22. The van der Waals surface area contributed by atoms with Crippen LogP contribution in [0.25, 0.3) is 0 Å². The van der Waals surface area contributed by atoms with Crippen LogP contribution < -0.4 is 5.32 Å². The van der Waals surface area contributed by atoms with E-state index in [-0.39, 0.29) is 17.8 Å². The molecule has 6 heteroatoms. The number of aromatic nitrogens is 1. The average molecular weight is 251 g/mol. The molecule has 18 heavy (non-hydrogen) atoms. The third-order valence-corrected chi connectivity index (χ3v) is 3.18. The van der Waals surface area contributed by atoms with Gasteiger partial charge in [-0.1, -0.05) is 0 Å². The lowest BCUT2D eigenvalue weighted by Crippen LogP contribution is -2.30. The number of nitrogens with zero attached hydrogens (tertiary/aromatic N) is 2. The highest BCUT2D eigenvalue weighted by atomic mass is 16.6. The van der Waals surface area contributed by atoms with Crippen molar-refractivity contribution in [2.45, 2.75) is 38.8 Å². The SMILES string of the molecule is Cc1cc(NC(C)C2CCCO2)ncc1[N+](=O)[O-]. The van der Waals surface area contributed by atoms with E-state index in [0.29, 0.717) is 11.4 Å². The second-order valence-corrected chi connectivity index (χ2v) is 4.60. The van der Waals surface area contributed by atoms with Gasteiger partial charge in [-0.05, 0) is 32.8 Å². The van der Waals surface area contributed by atoms with Gasteiger partial charge in [-0.2, -0.15) is 0 Å². The van der Waals surface area contributed by atoms with Crippen molar-refractivity contribution in [3.05, 3.63) is 27.9 Å². The zero-order valence-electron chi connectivity index (χ0n) is 10.5. The van der Waals surface area contributed by atoms with Gasteiger partial charge in [0.25, 0.3) is 5.69 Å². The van der Waals surface area contributed by atoms with E-state index >= 15 is 0 Å². The average Bonchev–Trinajstić information content (AvgIpc) is 2.81. The summed E-state index contributed by atoms with van der Waals surface area (Å²) < 4.78 is 5.58. The zero-order valence-corrected chi connectivity index (χ0v) is 10.5. The van der Waals surface area contributed by atoms with E-state index in [1.807, 2.05) is 6.92 Å². The highest BCUT2D eigenvalue weighted by molar-refractivity contribution is 5.47. The molecule has 6 nitrogen and oxygen atoms in total. The molecule has 2 rings (SSSR count). The van der Waals surface area contributed by atoms with E-state index < -0.39 is 4.92 Å². The summed E-state index contributed by atoms with van der Waals surface area (Å²) in [4.78, 5) is 14.3. The number of nitro groups is 1. The third-order valence-electron chi connectivity index (χ3n) is 3.18. The lowest BCUT2D eigenvalue weighted by atomic mass is 10.1. The van der Waals surface area contributed by atoms with Gasteiger partial charge in [-0.15, -0.1) is 0 Å². The second kappa shape index (κ2) is 5.30. The molecule has 1 aliphatic rings. The van der Waals surface area contributed by atoms with E-state index in [1.54, 1.807) is 13.0 Å². The molecular formula is C12H17N3O3. The maximum Gasteiger partial charge on any atom is 0.290 e. The van der Waals surface area contributed by atoms with E-state index in [9.17, 15) is 10.1 Å². The molecule has 2 unspecified atom stereocenters. The molecule has 98 valence electrons. The highest BCUT2D eigenvalue weighted by Gasteiger charge is 2.22. The topological polar surface area (TPSA) is 77.3 Å². The van der Waals surface area contributed by atoms with Crippen molar-refractivity contribution < 1.29 is 9.66 Å². The van der Waals surface area contributed by atoms with Gasteiger partial charge in [0.05, 0.1) is 17.1 Å². The van der Waals surface area contributed by atoms with Crippen LogP contribution in [-0.2, 0) is 4.74 Å². The quantitative estimate of drug-likeness (QED) is 0.656. The maximum absolute atomic E-state index is 10.7. The summed E-state index contributed by atoms with van der Waals surface area (Å²) >= 11 is 0. The van der Waals surface area contributed by atoms with Crippen molar-refractivity contribution >= 4 is 11.5 Å². The third kappa shape index (κ3) is 2.76. The van der Waals surface area contributed by atoms with Gasteiger partial charge >= 0.3 is 0 Å². The summed E-state index contributed by atoms with van der Waals surface area (Å²) in [5, 5.41) is 13.9. The van der Waals surface area contributed by atoms with Crippen LogP contribution in [0.5, 0.6) is 0 Å². The van der Waals surface area contributed by atoms with Crippen molar-refractivity contribution in [2.24, 2.45) is 0 Å². The molecule has 1 aliphatic heterocycles. The second-order valence-electron chi connectivity index (χ2n) is 4.60. The predicted octanol–water partition coefficient (Wildman–Crippen LogP) is 2.28. The molecule has 0 amide bonds. The van der Waals surface area contributed by atoms with Crippen molar-refractivity contribution in [1.29, 1.82) is 0 Å². The fraction of sp³-hybridized carbons (Fsp3) is 0.583. The number of pyridine rings is 1. The van der Waals surface area contributed by atoms with Gasteiger partial charge in [0.1, 0.15) is 12.0 Å². The van der Waals surface area contributed by atoms with Crippen LogP contribution in [0.4, 0.5) is 11.5 Å². The summed E-state index contributed by atoms with van der Waals surface area (Å²) in [6.07, 6.45) is 3.62. The van der Waals surface area contributed by atoms with Gasteiger partial charge in [-0.3, -0.25) is 10.1 Å². The van der Waals surface area contributed by atoms with Gasteiger partial charge in [-0.25, -0.2) is 4.98 Å². The van der Waals surface area contributed by atoms with Crippen molar-refractivity contribution in [2.75, 3.05) is 11.9 Å². The first kappa shape index (κ1) is 12.8. The van der Waals surface area contributed by atoms with Crippen LogP contribution in [0.3, 0.4) is 0 Å². The summed E-state index contributed by atoms with van der Waals surface area (Å²) in [5.74, 6) is 0.654. The number of hydrogen-bond acceptors (Lipinski definition) is 5. The molecule has 0 saturated carbocycles. The van der Waals surface area contributed by atoms with E-state index in [1.165, 1.54) is 6.20 Å². The number of ether oxygens (including phenoxy) is 1. The molecule has 1 N–H and O–H groups in total. The predicted molar refractivity (Wildman–Crippen MR) is 67.7 cm³/mol. The minimum Gasteiger partial charge on any atom is -0.376 e. The molecule has 2 heterocycles. The maximum atomic E-state index is 10.7. The Balaban J connectivity index is 2.05. The van der Waals surface area contributed by atoms with Gasteiger partial charge in [0.2, 0.25) is 0 Å².